The van der Waals surface area contributed by atoms with Crippen molar-refractivity contribution in [3.63, 3.8) is 0 Å². The Morgan fingerprint density at radius 2 is 1.94 bits per heavy atom. The molecule has 6 N–H and O–H groups in total. The Kier molecular flexibility index (Phi) is 7.08. The number of hydrogen-bond acceptors (Lipinski definition) is 7. The number of carbonyl (C=O) groups is 1. The average Bonchev–Trinajstić information content (AvgIpc) is 3.57. The van der Waals surface area contributed by atoms with Gasteiger partial charge in [0.05, 0.1) is 16.3 Å². The minimum Gasteiger partial charge on any atom is -0.384 e. The minimum absolute atomic E-state index is 0.0460. The Morgan fingerprint density at radius 1 is 1.08 bits per heavy atom. The number of amides is 1. The van der Waals surface area contributed by atoms with Crippen LogP contribution in [0.3, 0.4) is 0 Å². The number of H-pyrrole nitrogens is 1. The lowest BCUT2D eigenvalue weighted by Gasteiger charge is -2.17. The number of nitrogens with zero attached hydrogens (tertiary/aromatic N) is 2. The minimum atomic E-state index is -0.250. The van der Waals surface area contributed by atoms with Crippen molar-refractivity contribution in [3.05, 3.63) is 107 Å². The highest BCUT2D eigenvalue weighted by Crippen LogP contribution is 2.31. The SMILES string of the molecule is N=C(N)c1cccc(CC(NSc2cccc(NC(=O)c3ccn[nH]3)c2)c2nc3ccccc3s2)c1. The number of fused-ring (bicyclic) bond motifs is 1. The fourth-order valence-corrected chi connectivity index (χ4v) is 5.58. The molecule has 1 unspecified atom stereocenters. The van der Waals surface area contributed by atoms with Crippen LogP contribution >= 0.6 is 23.3 Å². The van der Waals surface area contributed by atoms with Gasteiger partial charge in [0.15, 0.2) is 0 Å². The first-order valence-electron chi connectivity index (χ1n) is 11.2. The first kappa shape index (κ1) is 23.7. The molecule has 0 spiro atoms. The van der Waals surface area contributed by atoms with Crippen molar-refractivity contribution in [2.45, 2.75) is 17.4 Å². The normalized spacial score (nSPS) is 11.9. The molecule has 36 heavy (non-hydrogen) atoms. The third-order valence-corrected chi connectivity index (χ3v) is 7.48. The summed E-state index contributed by atoms with van der Waals surface area (Å²) in [5.74, 6) is -0.204. The van der Waals surface area contributed by atoms with Gasteiger partial charge in [-0.1, -0.05) is 36.4 Å². The number of aromatic amines is 1. The van der Waals surface area contributed by atoms with E-state index in [0.29, 0.717) is 23.4 Å². The van der Waals surface area contributed by atoms with Crippen LogP contribution in [0.2, 0.25) is 0 Å². The molecule has 0 fully saturated rings. The van der Waals surface area contributed by atoms with E-state index in [-0.39, 0.29) is 17.8 Å². The Hall–Kier alpha value is -3.99. The lowest BCUT2D eigenvalue weighted by molar-refractivity contribution is 0.102. The molecule has 180 valence electrons. The van der Waals surface area contributed by atoms with Crippen LogP contribution < -0.4 is 15.8 Å². The summed E-state index contributed by atoms with van der Waals surface area (Å²) in [6.07, 6.45) is 2.21. The quantitative estimate of drug-likeness (QED) is 0.105. The van der Waals surface area contributed by atoms with Crippen molar-refractivity contribution in [3.8, 4) is 0 Å². The molecule has 8 nitrogen and oxygen atoms in total. The molecule has 0 saturated carbocycles. The van der Waals surface area contributed by atoms with E-state index in [9.17, 15) is 4.79 Å². The Balaban J connectivity index is 1.36. The third-order valence-electron chi connectivity index (χ3n) is 5.44. The van der Waals surface area contributed by atoms with Gasteiger partial charge in [0, 0.05) is 22.3 Å². The Labute approximate surface area is 216 Å². The molecule has 0 bridgehead atoms. The van der Waals surface area contributed by atoms with Crippen LogP contribution in [0.25, 0.3) is 10.2 Å². The molecule has 1 atom stereocenters. The molecular weight excluding hydrogens is 490 g/mol. The van der Waals surface area contributed by atoms with E-state index in [4.69, 9.17) is 16.1 Å². The van der Waals surface area contributed by atoms with Crippen LogP contribution in [-0.4, -0.2) is 26.9 Å². The van der Waals surface area contributed by atoms with Crippen LogP contribution in [0.4, 0.5) is 5.69 Å². The van der Waals surface area contributed by atoms with Gasteiger partial charge in [-0.15, -0.1) is 11.3 Å². The second-order valence-electron chi connectivity index (χ2n) is 8.06. The standard InChI is InChI=1S/C26H23N7OS2/c27-24(28)17-6-3-5-16(13-17)14-22(26-31-20-9-1-2-10-23(20)35-26)33-36-19-8-4-7-18(15-19)30-25(34)21-11-12-29-32-21/h1-13,15,22,33H,14H2,(H3,27,28)(H,29,32)(H,30,34). The highest BCUT2D eigenvalue weighted by Gasteiger charge is 2.18. The van der Waals surface area contributed by atoms with Gasteiger partial charge in [-0.25, -0.2) is 9.71 Å². The van der Waals surface area contributed by atoms with Crippen LogP contribution in [0, 0.1) is 5.41 Å². The third kappa shape index (κ3) is 5.62. The zero-order valence-corrected chi connectivity index (χ0v) is 20.7. The number of hydrogen-bond donors (Lipinski definition) is 5. The van der Waals surface area contributed by atoms with Gasteiger partial charge in [0.2, 0.25) is 0 Å². The molecule has 1 amide bonds. The number of para-hydroxylation sites is 1. The van der Waals surface area contributed by atoms with Crippen molar-refractivity contribution >= 4 is 50.9 Å². The van der Waals surface area contributed by atoms with Gasteiger partial charge < -0.3 is 11.1 Å². The summed E-state index contributed by atoms with van der Waals surface area (Å²) in [5.41, 5.74) is 9.51. The van der Waals surface area contributed by atoms with Crippen LogP contribution in [0.5, 0.6) is 0 Å². The number of rotatable bonds is 9. The number of anilines is 1. The number of amidine groups is 1. The van der Waals surface area contributed by atoms with Crippen LogP contribution in [0.1, 0.15) is 32.7 Å². The molecule has 0 aliphatic heterocycles. The topological polar surface area (TPSA) is 133 Å². The number of thiazole rings is 1. The van der Waals surface area contributed by atoms with Gasteiger partial charge in [0.25, 0.3) is 5.91 Å². The summed E-state index contributed by atoms with van der Waals surface area (Å²) >= 11 is 3.14. The Morgan fingerprint density at radius 3 is 2.75 bits per heavy atom. The van der Waals surface area contributed by atoms with E-state index in [2.05, 4.69) is 26.3 Å². The van der Waals surface area contributed by atoms with Gasteiger partial charge in [-0.2, -0.15) is 5.10 Å². The second kappa shape index (κ2) is 10.7. The van der Waals surface area contributed by atoms with Gasteiger partial charge in [-0.3, -0.25) is 15.3 Å². The molecule has 0 saturated heterocycles. The van der Waals surface area contributed by atoms with Gasteiger partial charge in [0.1, 0.15) is 16.5 Å². The second-order valence-corrected chi connectivity index (χ2v) is 10.0. The van der Waals surface area contributed by atoms with E-state index in [1.54, 1.807) is 23.6 Å². The maximum Gasteiger partial charge on any atom is 0.273 e. The summed E-state index contributed by atoms with van der Waals surface area (Å²) in [6.45, 7) is 0. The summed E-state index contributed by atoms with van der Waals surface area (Å²) in [5, 5.41) is 18.1. The summed E-state index contributed by atoms with van der Waals surface area (Å²) in [7, 11) is 0. The summed E-state index contributed by atoms with van der Waals surface area (Å²) in [4.78, 5) is 18.2. The number of nitrogens with one attached hydrogen (secondary N) is 4. The van der Waals surface area contributed by atoms with Gasteiger partial charge >= 0.3 is 0 Å². The lowest BCUT2D eigenvalue weighted by atomic mass is 10.0. The number of benzene rings is 3. The molecule has 10 heteroatoms. The Bertz CT molecular complexity index is 1480. The number of aromatic nitrogens is 3. The van der Waals surface area contributed by atoms with Crippen molar-refractivity contribution < 1.29 is 4.79 Å². The number of nitrogen functional groups attached to an aromatic ring is 1. The maximum absolute atomic E-state index is 12.4. The summed E-state index contributed by atoms with van der Waals surface area (Å²) in [6, 6.07) is 25.0. The van der Waals surface area contributed by atoms with Crippen LogP contribution in [-0.2, 0) is 6.42 Å². The van der Waals surface area contributed by atoms with Crippen molar-refractivity contribution in [1.29, 1.82) is 5.41 Å². The lowest BCUT2D eigenvalue weighted by Crippen LogP contribution is -2.18. The van der Waals surface area contributed by atoms with E-state index in [1.807, 2.05) is 66.7 Å². The number of carbonyl (C=O) groups excluding carboxylic acids is 1. The smallest absolute Gasteiger partial charge is 0.273 e. The highest BCUT2D eigenvalue weighted by atomic mass is 32.2. The van der Waals surface area contributed by atoms with E-state index < -0.39 is 0 Å². The highest BCUT2D eigenvalue weighted by molar-refractivity contribution is 7.97. The molecule has 3 aromatic carbocycles. The van der Waals surface area contributed by atoms with Crippen molar-refractivity contribution in [2.75, 3.05) is 5.32 Å². The van der Waals surface area contributed by atoms with Crippen LogP contribution in [0.15, 0.2) is 90.0 Å². The monoisotopic (exact) mass is 513 g/mol. The largest absolute Gasteiger partial charge is 0.384 e. The maximum atomic E-state index is 12.4. The van der Waals surface area contributed by atoms with Gasteiger partial charge in [-0.05, 0) is 66.4 Å². The first-order chi connectivity index (χ1) is 17.5. The van der Waals surface area contributed by atoms with E-state index >= 15 is 0 Å². The average molecular weight is 514 g/mol. The molecule has 2 aromatic heterocycles. The molecule has 5 aromatic rings. The van der Waals surface area contributed by atoms with Crippen molar-refractivity contribution in [2.24, 2.45) is 5.73 Å². The molecule has 0 aliphatic carbocycles. The molecule has 2 heterocycles. The van der Waals surface area contributed by atoms with Crippen molar-refractivity contribution in [1.82, 2.24) is 19.9 Å². The molecular formula is C26H23N7OS2. The first-order valence-corrected chi connectivity index (χ1v) is 12.8. The van der Waals surface area contributed by atoms with E-state index in [1.165, 1.54) is 11.9 Å². The molecule has 0 radical (unpaired) electrons. The fourth-order valence-electron chi connectivity index (χ4n) is 3.68. The summed E-state index contributed by atoms with van der Waals surface area (Å²) < 4.78 is 4.70. The molecule has 5 rings (SSSR count). The fraction of sp³-hybridized carbons (Fsp3) is 0.0769. The molecule has 0 aliphatic rings. The zero-order valence-electron chi connectivity index (χ0n) is 19.1. The zero-order chi connectivity index (χ0) is 24.9. The van der Waals surface area contributed by atoms with E-state index in [0.717, 1.165) is 25.7 Å². The predicted molar refractivity (Wildman–Crippen MR) is 145 cm³/mol. The number of nitrogens with two attached hydrogens (primary N) is 1. The predicted octanol–water partition coefficient (Wildman–Crippen LogP) is 5.14.